The van der Waals surface area contributed by atoms with Gasteiger partial charge in [0.15, 0.2) is 11.6 Å². The molecule has 13 heteroatoms. The number of aliphatic carboxylic acids is 1. The molecule has 5 aromatic rings. The van der Waals surface area contributed by atoms with Crippen molar-refractivity contribution in [3.05, 3.63) is 94.3 Å². The number of carbonyl (C=O) groups excluding carboxylic acids is 1. The standard InChI is InChI=1S/C42H49ClN8O4/c1-25(24-52)45-21-28-20-30-14-17-44-39(38(30)46-22-28)47-33-8-4-6-31(26(33)2)32-7-5-9-34(37(32)43)49-41(53)40-48-35-23-51(19-16-36(35)50(40)3)18-15-27-10-12-29(13-11-27)42(54)55/h4-9,14,17,20,22,25,27,29,45,52H,10-13,15-16,18-19,21,23-24H2,1-3H3,(H,44,47)(H,49,53)(H,54,55)/t25-,27-,29-/m1/s1. The average molecular weight is 765 g/mol. The summed E-state index contributed by atoms with van der Waals surface area (Å²) in [7, 11) is 1.90. The van der Waals surface area contributed by atoms with Gasteiger partial charge in [0.25, 0.3) is 5.91 Å². The molecule has 7 rings (SSSR count). The molecule has 2 aliphatic rings. The van der Waals surface area contributed by atoms with E-state index < -0.39 is 5.97 Å². The van der Waals surface area contributed by atoms with E-state index in [1.165, 1.54) is 0 Å². The first kappa shape index (κ1) is 38.4. The van der Waals surface area contributed by atoms with Crippen molar-refractivity contribution < 1.29 is 19.8 Å². The van der Waals surface area contributed by atoms with Gasteiger partial charge in [-0.15, -0.1) is 0 Å². The molecule has 0 unspecified atom stereocenters. The van der Waals surface area contributed by atoms with Crippen molar-refractivity contribution in [1.29, 1.82) is 0 Å². The number of nitrogens with one attached hydrogen (secondary N) is 3. The molecule has 5 N–H and O–H groups in total. The number of rotatable bonds is 13. The van der Waals surface area contributed by atoms with Gasteiger partial charge in [0.1, 0.15) is 5.52 Å². The van der Waals surface area contributed by atoms with Gasteiger partial charge >= 0.3 is 5.97 Å². The minimum Gasteiger partial charge on any atom is -0.481 e. The number of hydrogen-bond donors (Lipinski definition) is 5. The number of aliphatic hydroxyl groups excluding tert-OH is 1. The molecule has 1 atom stereocenters. The Morgan fingerprint density at radius 1 is 1.04 bits per heavy atom. The van der Waals surface area contributed by atoms with Crippen LogP contribution in [0.3, 0.4) is 0 Å². The summed E-state index contributed by atoms with van der Waals surface area (Å²) in [5.74, 6) is 0.375. The predicted molar refractivity (Wildman–Crippen MR) is 216 cm³/mol. The topological polar surface area (TPSA) is 158 Å². The van der Waals surface area contributed by atoms with Crippen LogP contribution < -0.4 is 16.0 Å². The van der Waals surface area contributed by atoms with Crippen LogP contribution in [0.2, 0.25) is 5.02 Å². The molecule has 0 spiro atoms. The summed E-state index contributed by atoms with van der Waals surface area (Å²) in [4.78, 5) is 41.6. The summed E-state index contributed by atoms with van der Waals surface area (Å²) in [5, 5.41) is 29.9. The third-order valence-electron chi connectivity index (χ3n) is 11.3. The highest BCUT2D eigenvalue weighted by molar-refractivity contribution is 6.36. The van der Waals surface area contributed by atoms with E-state index in [4.69, 9.17) is 21.6 Å². The zero-order chi connectivity index (χ0) is 38.6. The summed E-state index contributed by atoms with van der Waals surface area (Å²) < 4.78 is 1.90. The first-order chi connectivity index (χ1) is 26.6. The number of amides is 1. The molecule has 1 amide bonds. The fourth-order valence-corrected chi connectivity index (χ4v) is 8.17. The van der Waals surface area contributed by atoms with Crippen LogP contribution in [0.15, 0.2) is 60.9 Å². The van der Waals surface area contributed by atoms with E-state index in [2.05, 4.69) is 31.9 Å². The van der Waals surface area contributed by atoms with E-state index in [-0.39, 0.29) is 24.5 Å². The van der Waals surface area contributed by atoms with Gasteiger partial charge < -0.3 is 30.7 Å². The maximum absolute atomic E-state index is 13.7. The number of carboxylic acids is 1. The molecule has 1 fully saturated rings. The Hall–Kier alpha value is -4.88. The van der Waals surface area contributed by atoms with Crippen molar-refractivity contribution in [3.63, 3.8) is 0 Å². The smallest absolute Gasteiger partial charge is 0.306 e. The van der Waals surface area contributed by atoms with E-state index in [0.29, 0.717) is 41.4 Å². The van der Waals surface area contributed by atoms with Crippen molar-refractivity contribution in [2.24, 2.45) is 18.9 Å². The summed E-state index contributed by atoms with van der Waals surface area (Å²) in [5.41, 5.74) is 7.76. The van der Waals surface area contributed by atoms with Gasteiger partial charge in [-0.25, -0.2) is 9.97 Å². The largest absolute Gasteiger partial charge is 0.481 e. The lowest BCUT2D eigenvalue weighted by atomic mass is 9.80. The Labute approximate surface area is 326 Å². The normalized spacial score (nSPS) is 17.8. The third-order valence-corrected chi connectivity index (χ3v) is 11.7. The molecule has 1 aliphatic carbocycles. The van der Waals surface area contributed by atoms with Crippen LogP contribution in [-0.4, -0.2) is 72.2 Å². The highest BCUT2D eigenvalue weighted by Crippen LogP contribution is 2.39. The fourth-order valence-electron chi connectivity index (χ4n) is 7.89. The van der Waals surface area contributed by atoms with Gasteiger partial charge in [0.05, 0.1) is 28.9 Å². The maximum atomic E-state index is 13.7. The monoisotopic (exact) mass is 764 g/mol. The first-order valence-corrected chi connectivity index (χ1v) is 19.5. The lowest BCUT2D eigenvalue weighted by Gasteiger charge is -2.30. The maximum Gasteiger partial charge on any atom is 0.306 e. The van der Waals surface area contributed by atoms with Gasteiger partial charge in [-0.3, -0.25) is 19.5 Å². The molecule has 12 nitrogen and oxygen atoms in total. The molecule has 0 bridgehead atoms. The van der Waals surface area contributed by atoms with Crippen molar-refractivity contribution in [2.45, 2.75) is 71.5 Å². The number of imidazole rings is 1. The summed E-state index contributed by atoms with van der Waals surface area (Å²) in [6.45, 7) is 7.15. The van der Waals surface area contributed by atoms with Crippen LogP contribution in [0, 0.1) is 18.8 Å². The molecule has 2 aromatic carbocycles. The second kappa shape index (κ2) is 16.9. The van der Waals surface area contributed by atoms with Crippen molar-refractivity contribution >= 4 is 51.6 Å². The third kappa shape index (κ3) is 8.52. The summed E-state index contributed by atoms with van der Waals surface area (Å²) in [6.07, 6.45) is 8.94. The minimum atomic E-state index is -0.663. The SMILES string of the molecule is Cc1c(Nc2nccc3cc(CN[C@H](C)CO)cnc23)cccc1-c1cccc(NC(=O)c2nc3c(n2C)CCN(CC[C@H]2CC[C@H](C(=O)O)CC2)C3)c1Cl. The number of carboxylic acid groups (broad SMARTS) is 1. The van der Waals surface area contributed by atoms with Crippen LogP contribution in [-0.2, 0) is 31.4 Å². The lowest BCUT2D eigenvalue weighted by molar-refractivity contribution is -0.143. The molecule has 1 aliphatic heterocycles. The van der Waals surface area contributed by atoms with Gasteiger partial charge in [0, 0.05) is 73.9 Å². The van der Waals surface area contributed by atoms with E-state index in [9.17, 15) is 19.8 Å². The van der Waals surface area contributed by atoms with Crippen molar-refractivity contribution in [2.75, 3.05) is 30.3 Å². The molecular formula is C42H49ClN8O4. The second-order valence-electron chi connectivity index (χ2n) is 15.0. The number of aliphatic hydroxyl groups is 1. The minimum absolute atomic E-state index is 0.00796. The van der Waals surface area contributed by atoms with E-state index in [1.807, 2.05) is 68.1 Å². The number of anilines is 3. The second-order valence-corrected chi connectivity index (χ2v) is 15.4. The highest BCUT2D eigenvalue weighted by atomic mass is 35.5. The molecule has 0 saturated heterocycles. The molecule has 1 saturated carbocycles. The van der Waals surface area contributed by atoms with Crippen LogP contribution >= 0.6 is 11.6 Å². The Morgan fingerprint density at radius 2 is 1.80 bits per heavy atom. The Balaban J connectivity index is 1.03. The van der Waals surface area contributed by atoms with Crippen LogP contribution in [0.1, 0.15) is 72.2 Å². The molecule has 4 heterocycles. The summed E-state index contributed by atoms with van der Waals surface area (Å²) in [6, 6.07) is 15.6. The summed E-state index contributed by atoms with van der Waals surface area (Å²) >= 11 is 7.05. The Bertz CT molecular complexity index is 2200. The van der Waals surface area contributed by atoms with Crippen LogP contribution in [0.4, 0.5) is 17.2 Å². The predicted octanol–water partition coefficient (Wildman–Crippen LogP) is 7.10. The van der Waals surface area contributed by atoms with E-state index >= 15 is 0 Å². The number of hydrogen-bond acceptors (Lipinski definition) is 9. The molecule has 55 heavy (non-hydrogen) atoms. The molecule has 288 valence electrons. The van der Waals surface area contributed by atoms with Gasteiger partial charge in [-0.2, -0.15) is 0 Å². The van der Waals surface area contributed by atoms with Crippen LogP contribution in [0.25, 0.3) is 22.0 Å². The Kier molecular flexibility index (Phi) is 11.8. The number of benzene rings is 2. The molecular weight excluding hydrogens is 716 g/mol. The average Bonchev–Trinajstić information content (AvgIpc) is 3.53. The van der Waals surface area contributed by atoms with E-state index in [0.717, 1.165) is 102 Å². The first-order valence-electron chi connectivity index (χ1n) is 19.1. The van der Waals surface area contributed by atoms with Crippen LogP contribution in [0.5, 0.6) is 0 Å². The highest BCUT2D eigenvalue weighted by Gasteiger charge is 2.29. The zero-order valence-corrected chi connectivity index (χ0v) is 32.4. The quantitative estimate of drug-likeness (QED) is 0.0838. The van der Waals surface area contributed by atoms with E-state index in [1.54, 1.807) is 12.3 Å². The van der Waals surface area contributed by atoms with Gasteiger partial charge in [-0.1, -0.05) is 35.9 Å². The zero-order valence-electron chi connectivity index (χ0n) is 31.6. The molecule has 3 aromatic heterocycles. The van der Waals surface area contributed by atoms with Gasteiger partial charge in [-0.05, 0) is 99.4 Å². The van der Waals surface area contributed by atoms with Gasteiger partial charge in [0.2, 0.25) is 0 Å². The molecule has 0 radical (unpaired) electrons. The number of pyridine rings is 2. The number of aromatic nitrogens is 4. The number of nitrogens with zero attached hydrogens (tertiary/aromatic N) is 5. The fraction of sp³-hybridized carbons (Fsp3) is 0.405. The van der Waals surface area contributed by atoms with Crippen molar-refractivity contribution in [3.8, 4) is 11.1 Å². The number of fused-ring (bicyclic) bond motifs is 2. The lowest BCUT2D eigenvalue weighted by Crippen LogP contribution is -2.33. The number of carbonyl (C=O) groups is 2. The Morgan fingerprint density at radius 3 is 2.56 bits per heavy atom. The van der Waals surface area contributed by atoms with Crippen molar-refractivity contribution in [1.82, 2.24) is 29.7 Å². The number of halogens is 1.